The van der Waals surface area contributed by atoms with Gasteiger partial charge in [-0.15, -0.1) is 0 Å². The molecular weight excluding hydrogens is 259 g/mol. The number of alkyl halides is 3. The lowest BCUT2D eigenvalue weighted by Gasteiger charge is -2.14. The number of anilines is 1. The van der Waals surface area contributed by atoms with Crippen molar-refractivity contribution in [1.82, 2.24) is 9.55 Å². The zero-order chi connectivity index (χ0) is 14.0. The maximum Gasteiger partial charge on any atom is 0.431 e. The molecule has 0 saturated carbocycles. The molecule has 0 bridgehead atoms. The van der Waals surface area contributed by atoms with E-state index in [1.165, 1.54) is 18.3 Å². The molecule has 0 spiro atoms. The van der Waals surface area contributed by atoms with Crippen LogP contribution in [0.4, 0.5) is 18.9 Å². The molecule has 0 amide bonds. The first-order valence-electron chi connectivity index (χ1n) is 5.35. The number of hydrogen-bond donors (Lipinski definition) is 1. The van der Waals surface area contributed by atoms with Gasteiger partial charge in [-0.05, 0) is 18.2 Å². The fraction of sp³-hybridized carbons (Fsp3) is 0.167. The van der Waals surface area contributed by atoms with Crippen LogP contribution in [0.2, 0.25) is 0 Å². The van der Waals surface area contributed by atoms with Crippen molar-refractivity contribution in [2.45, 2.75) is 12.7 Å². The molecule has 2 rings (SSSR count). The summed E-state index contributed by atoms with van der Waals surface area (Å²) in [6, 6.07) is 5.95. The summed E-state index contributed by atoms with van der Waals surface area (Å²) in [7, 11) is 0. The summed E-state index contributed by atoms with van der Waals surface area (Å²) in [5, 5.41) is 0. The van der Waals surface area contributed by atoms with Crippen LogP contribution in [0.1, 0.15) is 11.4 Å². The molecule has 100 valence electrons. The van der Waals surface area contributed by atoms with Gasteiger partial charge >= 0.3 is 6.18 Å². The molecule has 0 aliphatic rings. The number of nitrogens with two attached hydrogens (primary N) is 1. The number of halogens is 3. The Labute approximate surface area is 106 Å². The Morgan fingerprint density at radius 1 is 1.26 bits per heavy atom. The molecule has 2 aromatic heterocycles. The summed E-state index contributed by atoms with van der Waals surface area (Å²) in [4.78, 5) is 15.5. The van der Waals surface area contributed by atoms with Gasteiger partial charge in [-0.3, -0.25) is 14.3 Å². The molecular formula is C12H10F3N3O. The average Bonchev–Trinajstić information content (AvgIpc) is 2.30. The van der Waals surface area contributed by atoms with Crippen molar-refractivity contribution < 1.29 is 13.2 Å². The normalized spacial score (nSPS) is 11.5. The summed E-state index contributed by atoms with van der Waals surface area (Å²) >= 11 is 0. The van der Waals surface area contributed by atoms with E-state index in [1.807, 2.05) is 0 Å². The van der Waals surface area contributed by atoms with E-state index in [4.69, 9.17) is 5.73 Å². The van der Waals surface area contributed by atoms with Gasteiger partial charge in [0.15, 0.2) is 0 Å². The molecule has 2 aromatic rings. The molecule has 4 nitrogen and oxygen atoms in total. The van der Waals surface area contributed by atoms with Gasteiger partial charge in [0.25, 0.3) is 5.56 Å². The van der Waals surface area contributed by atoms with Gasteiger partial charge in [0.2, 0.25) is 0 Å². The number of rotatable bonds is 2. The third-order valence-corrected chi connectivity index (χ3v) is 2.50. The lowest BCUT2D eigenvalue weighted by molar-refractivity contribution is -0.144. The predicted molar refractivity (Wildman–Crippen MR) is 63.5 cm³/mol. The van der Waals surface area contributed by atoms with E-state index >= 15 is 0 Å². The monoisotopic (exact) mass is 269 g/mol. The molecule has 2 N–H and O–H groups in total. The summed E-state index contributed by atoms with van der Waals surface area (Å²) < 4.78 is 39.0. The molecule has 0 aliphatic carbocycles. The number of nitrogens with zero attached hydrogens (tertiary/aromatic N) is 2. The Morgan fingerprint density at radius 2 is 2.00 bits per heavy atom. The zero-order valence-corrected chi connectivity index (χ0v) is 9.69. The largest absolute Gasteiger partial charge is 0.431 e. The average molecular weight is 269 g/mol. The van der Waals surface area contributed by atoms with Crippen LogP contribution in [0.5, 0.6) is 0 Å². The molecule has 19 heavy (non-hydrogen) atoms. The number of pyridine rings is 2. The van der Waals surface area contributed by atoms with E-state index in [1.54, 1.807) is 0 Å². The third kappa shape index (κ3) is 2.93. The van der Waals surface area contributed by atoms with Crippen LogP contribution in [0.15, 0.2) is 41.3 Å². The standard InChI is InChI=1S/C12H10F3N3O/c13-12(14,15)10-2-1-3-11(19)18(10)7-9-6-8(16)4-5-17-9/h1-6H,7H2,(H2,16,17). The van der Waals surface area contributed by atoms with Crippen LogP contribution < -0.4 is 11.3 Å². The Kier molecular flexibility index (Phi) is 3.28. The minimum Gasteiger partial charge on any atom is -0.399 e. The van der Waals surface area contributed by atoms with Gasteiger partial charge in [0.05, 0.1) is 12.2 Å². The minimum atomic E-state index is -4.60. The number of nitrogen functional groups attached to an aromatic ring is 1. The first kappa shape index (κ1) is 13.1. The molecule has 0 fully saturated rings. The molecule has 0 atom stereocenters. The van der Waals surface area contributed by atoms with Crippen LogP contribution in [0.25, 0.3) is 0 Å². The van der Waals surface area contributed by atoms with Crippen LogP contribution in [0, 0.1) is 0 Å². The van der Waals surface area contributed by atoms with Crippen molar-refractivity contribution in [2.24, 2.45) is 0 Å². The number of hydrogen-bond acceptors (Lipinski definition) is 3. The van der Waals surface area contributed by atoms with Gasteiger partial charge in [0, 0.05) is 18.0 Å². The highest BCUT2D eigenvalue weighted by molar-refractivity contribution is 5.37. The van der Waals surface area contributed by atoms with Gasteiger partial charge in [-0.2, -0.15) is 13.2 Å². The van der Waals surface area contributed by atoms with Crippen LogP contribution in [-0.2, 0) is 12.7 Å². The minimum absolute atomic E-state index is 0.278. The smallest absolute Gasteiger partial charge is 0.399 e. The van der Waals surface area contributed by atoms with Crippen molar-refractivity contribution in [1.29, 1.82) is 0 Å². The summed E-state index contributed by atoms with van der Waals surface area (Å²) in [6.07, 6.45) is -3.22. The summed E-state index contributed by atoms with van der Waals surface area (Å²) in [6.45, 7) is -0.278. The highest BCUT2D eigenvalue weighted by atomic mass is 19.4. The maximum atomic E-state index is 12.8. The van der Waals surface area contributed by atoms with E-state index in [0.717, 1.165) is 18.2 Å². The first-order chi connectivity index (χ1) is 8.88. The molecule has 2 heterocycles. The number of aromatic nitrogens is 2. The Morgan fingerprint density at radius 3 is 2.63 bits per heavy atom. The van der Waals surface area contributed by atoms with Gasteiger partial charge in [0.1, 0.15) is 5.69 Å². The fourth-order valence-electron chi connectivity index (χ4n) is 1.68. The zero-order valence-electron chi connectivity index (χ0n) is 9.69. The van der Waals surface area contributed by atoms with E-state index in [-0.39, 0.29) is 6.54 Å². The second-order valence-electron chi connectivity index (χ2n) is 3.91. The highest BCUT2D eigenvalue weighted by Gasteiger charge is 2.34. The van der Waals surface area contributed by atoms with Crippen LogP contribution >= 0.6 is 0 Å². The van der Waals surface area contributed by atoms with Crippen LogP contribution in [-0.4, -0.2) is 9.55 Å². The molecule has 0 unspecified atom stereocenters. The highest BCUT2D eigenvalue weighted by Crippen LogP contribution is 2.28. The van der Waals surface area contributed by atoms with E-state index in [0.29, 0.717) is 15.9 Å². The predicted octanol–water partition coefficient (Wildman–Crippen LogP) is 1.89. The molecule has 0 aromatic carbocycles. The quantitative estimate of drug-likeness (QED) is 0.905. The van der Waals surface area contributed by atoms with Gasteiger partial charge in [-0.25, -0.2) is 0 Å². The molecule has 7 heteroatoms. The summed E-state index contributed by atoms with van der Waals surface area (Å²) in [5.41, 5.74) is 4.45. The second kappa shape index (κ2) is 4.75. The Hall–Kier alpha value is -2.31. The maximum absolute atomic E-state index is 12.8. The third-order valence-electron chi connectivity index (χ3n) is 2.50. The van der Waals surface area contributed by atoms with Crippen LogP contribution in [0.3, 0.4) is 0 Å². The van der Waals surface area contributed by atoms with Gasteiger partial charge in [-0.1, -0.05) is 6.07 Å². The molecule has 0 radical (unpaired) electrons. The van der Waals surface area contributed by atoms with E-state index in [9.17, 15) is 18.0 Å². The van der Waals surface area contributed by atoms with Crippen molar-refractivity contribution in [3.05, 3.63) is 58.3 Å². The Bertz CT molecular complexity index is 649. The summed E-state index contributed by atoms with van der Waals surface area (Å²) in [5.74, 6) is 0. The lowest BCUT2D eigenvalue weighted by atomic mass is 10.2. The topological polar surface area (TPSA) is 60.9 Å². The first-order valence-corrected chi connectivity index (χ1v) is 5.35. The van der Waals surface area contributed by atoms with E-state index in [2.05, 4.69) is 4.98 Å². The lowest BCUT2D eigenvalue weighted by Crippen LogP contribution is -2.27. The Balaban J connectivity index is 2.48. The van der Waals surface area contributed by atoms with Crippen molar-refractivity contribution in [3.8, 4) is 0 Å². The van der Waals surface area contributed by atoms with E-state index < -0.39 is 17.4 Å². The molecule has 0 saturated heterocycles. The van der Waals surface area contributed by atoms with Crippen molar-refractivity contribution >= 4 is 5.69 Å². The fourth-order valence-corrected chi connectivity index (χ4v) is 1.68. The van der Waals surface area contributed by atoms with Gasteiger partial charge < -0.3 is 5.73 Å². The van der Waals surface area contributed by atoms with Crippen molar-refractivity contribution in [2.75, 3.05) is 5.73 Å². The second-order valence-corrected chi connectivity index (χ2v) is 3.91. The molecule has 0 aliphatic heterocycles. The van der Waals surface area contributed by atoms with Crippen molar-refractivity contribution in [3.63, 3.8) is 0 Å². The SMILES string of the molecule is Nc1ccnc(Cn2c(C(F)(F)F)cccc2=O)c1.